The van der Waals surface area contributed by atoms with Gasteiger partial charge in [-0.2, -0.15) is 0 Å². The summed E-state index contributed by atoms with van der Waals surface area (Å²) in [7, 11) is 0. The Balaban J connectivity index is 1.56. The largest absolute Gasteiger partial charge is 0.465 e. The van der Waals surface area contributed by atoms with Crippen LogP contribution in [0.3, 0.4) is 0 Å². The van der Waals surface area contributed by atoms with E-state index in [-0.39, 0.29) is 5.91 Å². The van der Waals surface area contributed by atoms with E-state index in [4.69, 9.17) is 4.98 Å². The average molecular weight is 420 g/mol. The van der Waals surface area contributed by atoms with Crippen molar-refractivity contribution in [1.82, 2.24) is 25.2 Å². The molecule has 2 amide bonds. The average Bonchev–Trinajstić information content (AvgIpc) is 3.18. The number of H-pyrrole nitrogens is 1. The zero-order chi connectivity index (χ0) is 21.8. The Morgan fingerprint density at radius 2 is 2.06 bits per heavy atom. The monoisotopic (exact) mass is 420 g/mol. The van der Waals surface area contributed by atoms with Crippen molar-refractivity contribution in [3.05, 3.63) is 41.7 Å². The summed E-state index contributed by atoms with van der Waals surface area (Å²) in [6, 6.07) is 7.70. The molecule has 2 aromatic heterocycles. The Morgan fingerprint density at radius 3 is 2.81 bits per heavy atom. The number of para-hydroxylation sites is 1. The van der Waals surface area contributed by atoms with E-state index in [2.05, 4.69) is 20.2 Å². The van der Waals surface area contributed by atoms with E-state index in [1.54, 1.807) is 6.20 Å². The van der Waals surface area contributed by atoms with E-state index in [0.717, 1.165) is 34.4 Å². The maximum atomic E-state index is 12.2. The van der Waals surface area contributed by atoms with Crippen LogP contribution < -0.4 is 10.2 Å². The molecule has 9 heteroatoms. The van der Waals surface area contributed by atoms with Crippen LogP contribution in [0.1, 0.15) is 29.9 Å². The summed E-state index contributed by atoms with van der Waals surface area (Å²) in [5.41, 5.74) is 4.43. The fourth-order valence-corrected chi connectivity index (χ4v) is 4.55. The molecule has 2 aliphatic rings. The van der Waals surface area contributed by atoms with Crippen LogP contribution in [0.4, 0.5) is 10.6 Å². The Bertz CT molecular complexity index is 1200. The maximum absolute atomic E-state index is 12.2. The number of carboxylic acid groups (broad SMARTS) is 1. The highest BCUT2D eigenvalue weighted by atomic mass is 16.4. The fraction of sp³-hybridized carbons (Fsp3) is 0.364. The number of anilines is 1. The number of aromatic amines is 1. The van der Waals surface area contributed by atoms with Gasteiger partial charge >= 0.3 is 6.09 Å². The number of benzene rings is 1. The Hall–Kier alpha value is -3.62. The minimum atomic E-state index is -0.903. The number of carbonyl (C=O) groups excluding carboxylic acids is 1. The molecule has 5 rings (SSSR count). The van der Waals surface area contributed by atoms with Crippen molar-refractivity contribution < 1.29 is 14.7 Å². The van der Waals surface area contributed by atoms with Gasteiger partial charge in [-0.1, -0.05) is 12.1 Å². The lowest BCUT2D eigenvalue weighted by atomic mass is 9.99. The smallest absolute Gasteiger partial charge is 0.407 e. The lowest BCUT2D eigenvalue weighted by Gasteiger charge is -2.46. The molecule has 0 spiro atoms. The Morgan fingerprint density at radius 1 is 1.23 bits per heavy atom. The van der Waals surface area contributed by atoms with Crippen LogP contribution in [0.15, 0.2) is 30.5 Å². The summed E-state index contributed by atoms with van der Waals surface area (Å²) in [6.45, 7) is 6.00. The summed E-state index contributed by atoms with van der Waals surface area (Å²) in [4.78, 5) is 40.1. The first-order valence-corrected chi connectivity index (χ1v) is 10.4. The van der Waals surface area contributed by atoms with Crippen molar-refractivity contribution in [2.24, 2.45) is 0 Å². The molecule has 0 radical (unpaired) electrons. The van der Waals surface area contributed by atoms with Crippen LogP contribution in [0.2, 0.25) is 0 Å². The third-order valence-electron chi connectivity index (χ3n) is 6.10. The molecule has 1 aromatic carbocycles. The van der Waals surface area contributed by atoms with Gasteiger partial charge in [0.25, 0.3) is 5.91 Å². The Labute approximate surface area is 179 Å². The highest BCUT2D eigenvalue weighted by Gasteiger charge is 2.36. The van der Waals surface area contributed by atoms with Gasteiger partial charge in [0, 0.05) is 49.6 Å². The first-order valence-electron chi connectivity index (χ1n) is 10.4. The molecule has 0 unspecified atom stereocenters. The zero-order valence-corrected chi connectivity index (χ0v) is 17.5. The quantitative estimate of drug-likeness (QED) is 0.587. The van der Waals surface area contributed by atoms with Crippen LogP contribution in [0.5, 0.6) is 0 Å². The minimum absolute atomic E-state index is 0.0613. The van der Waals surface area contributed by atoms with Crippen molar-refractivity contribution in [3.63, 3.8) is 0 Å². The van der Waals surface area contributed by atoms with Crippen LogP contribution in [-0.2, 0) is 6.42 Å². The molecule has 1 saturated heterocycles. The van der Waals surface area contributed by atoms with Crippen LogP contribution in [-0.4, -0.2) is 68.7 Å². The number of nitrogens with zero attached hydrogens (tertiary/aromatic N) is 4. The summed E-state index contributed by atoms with van der Waals surface area (Å²) in [6.07, 6.45) is 1.61. The van der Waals surface area contributed by atoms with Crippen LogP contribution in [0, 0.1) is 0 Å². The number of rotatable bonds is 2. The second kappa shape index (κ2) is 6.97. The molecule has 4 heterocycles. The maximum Gasteiger partial charge on any atom is 0.407 e. The second-order valence-corrected chi connectivity index (χ2v) is 8.65. The number of hydrogen-bond acceptors (Lipinski definition) is 5. The highest BCUT2D eigenvalue weighted by Crippen LogP contribution is 2.32. The number of nitrogens with one attached hydrogen (secondary N) is 2. The molecular weight excluding hydrogens is 396 g/mol. The summed E-state index contributed by atoms with van der Waals surface area (Å²) in [5.74, 6) is 0.651. The lowest BCUT2D eigenvalue weighted by Crippen LogP contribution is -2.60. The number of fused-ring (bicyclic) bond motifs is 2. The van der Waals surface area contributed by atoms with Crippen LogP contribution >= 0.6 is 0 Å². The van der Waals surface area contributed by atoms with E-state index in [0.29, 0.717) is 37.6 Å². The Kier molecular flexibility index (Phi) is 4.35. The molecule has 31 heavy (non-hydrogen) atoms. The predicted molar refractivity (Wildman–Crippen MR) is 116 cm³/mol. The highest BCUT2D eigenvalue weighted by molar-refractivity contribution is 5.99. The first kappa shape index (κ1) is 19.3. The fourth-order valence-electron chi connectivity index (χ4n) is 4.55. The predicted octanol–water partition coefficient (Wildman–Crippen LogP) is 2.49. The van der Waals surface area contributed by atoms with Gasteiger partial charge in [-0.3, -0.25) is 9.78 Å². The topological polar surface area (TPSA) is 114 Å². The molecule has 0 saturated carbocycles. The second-order valence-electron chi connectivity index (χ2n) is 8.65. The molecule has 1 fully saturated rings. The number of piperazine rings is 1. The van der Waals surface area contributed by atoms with E-state index in [1.165, 1.54) is 4.90 Å². The third kappa shape index (κ3) is 3.26. The van der Waals surface area contributed by atoms with Gasteiger partial charge in [-0.15, -0.1) is 0 Å². The van der Waals surface area contributed by atoms with E-state index in [1.807, 2.05) is 38.1 Å². The van der Waals surface area contributed by atoms with Crippen molar-refractivity contribution in [2.75, 3.05) is 31.1 Å². The standard InChI is InChI=1S/C22H24N6O3/c1-22(2)12-27(21(30)31)8-9-28(22)18-11-24-16-5-3-4-13(19(16)26-18)17-10-14-15(25-17)6-7-23-20(14)29/h3-5,10-11,25H,6-9,12H2,1-2H3,(H,23,29)(H,30,31). The molecule has 9 nitrogen and oxygen atoms in total. The van der Waals surface area contributed by atoms with Gasteiger partial charge in [-0.05, 0) is 26.0 Å². The molecule has 3 N–H and O–H groups in total. The normalized spacial score (nSPS) is 18.1. The molecule has 0 bridgehead atoms. The molecule has 3 aromatic rings. The summed E-state index contributed by atoms with van der Waals surface area (Å²) in [5, 5.41) is 12.2. The van der Waals surface area contributed by atoms with E-state index in [9.17, 15) is 14.7 Å². The van der Waals surface area contributed by atoms with Gasteiger partial charge in [0.1, 0.15) is 11.3 Å². The van der Waals surface area contributed by atoms with Crippen molar-refractivity contribution in [1.29, 1.82) is 0 Å². The van der Waals surface area contributed by atoms with Gasteiger partial charge in [-0.25, -0.2) is 9.78 Å². The molecule has 0 atom stereocenters. The van der Waals surface area contributed by atoms with E-state index < -0.39 is 11.6 Å². The molecular formula is C22H24N6O3. The van der Waals surface area contributed by atoms with Gasteiger partial charge in [0.2, 0.25) is 0 Å². The van der Waals surface area contributed by atoms with Gasteiger partial charge in [0.15, 0.2) is 0 Å². The number of aromatic nitrogens is 3. The summed E-state index contributed by atoms with van der Waals surface area (Å²) < 4.78 is 0. The van der Waals surface area contributed by atoms with Crippen LogP contribution in [0.25, 0.3) is 22.3 Å². The van der Waals surface area contributed by atoms with Crippen molar-refractivity contribution in [2.45, 2.75) is 25.8 Å². The third-order valence-corrected chi connectivity index (χ3v) is 6.10. The molecule has 160 valence electrons. The zero-order valence-electron chi connectivity index (χ0n) is 17.5. The number of carbonyl (C=O) groups is 2. The summed E-state index contributed by atoms with van der Waals surface area (Å²) >= 11 is 0. The first-order chi connectivity index (χ1) is 14.8. The molecule has 2 aliphatic heterocycles. The van der Waals surface area contributed by atoms with Crippen molar-refractivity contribution in [3.8, 4) is 11.3 Å². The SMILES string of the molecule is CC1(C)CN(C(=O)O)CCN1c1cnc2cccc(-c3cc4c([nH]3)CCNC4=O)c2n1. The number of amides is 2. The van der Waals surface area contributed by atoms with E-state index >= 15 is 0 Å². The lowest BCUT2D eigenvalue weighted by molar-refractivity contribution is 0.0946. The van der Waals surface area contributed by atoms with Gasteiger partial charge < -0.3 is 25.2 Å². The minimum Gasteiger partial charge on any atom is -0.465 e. The number of hydrogen-bond donors (Lipinski definition) is 3. The van der Waals surface area contributed by atoms with Gasteiger partial charge in [0.05, 0.1) is 22.8 Å². The molecule has 0 aliphatic carbocycles. The van der Waals surface area contributed by atoms with Crippen molar-refractivity contribution >= 4 is 28.9 Å².